The van der Waals surface area contributed by atoms with Crippen LogP contribution in [0.15, 0.2) is 30.5 Å². The van der Waals surface area contributed by atoms with Crippen molar-refractivity contribution in [1.82, 2.24) is 14.7 Å². The predicted molar refractivity (Wildman–Crippen MR) is 87.1 cm³/mol. The zero-order valence-corrected chi connectivity index (χ0v) is 13.9. The lowest BCUT2D eigenvalue weighted by molar-refractivity contribution is 0.0732. The van der Waals surface area contributed by atoms with Crippen molar-refractivity contribution in [3.63, 3.8) is 0 Å². The Balaban J connectivity index is 1.83. The zero-order chi connectivity index (χ0) is 15.9. The molecular weight excluding hydrogens is 298 g/mol. The summed E-state index contributed by atoms with van der Waals surface area (Å²) in [5.74, 6) is 0.0247. The highest BCUT2D eigenvalue weighted by molar-refractivity contribution is 6.30. The number of halogens is 1. The first-order valence-corrected chi connectivity index (χ1v) is 7.85. The van der Waals surface area contributed by atoms with Gasteiger partial charge >= 0.3 is 0 Å². The maximum Gasteiger partial charge on any atom is 0.254 e. The molecule has 4 nitrogen and oxygen atoms in total. The van der Waals surface area contributed by atoms with Crippen LogP contribution in [-0.4, -0.2) is 27.1 Å². The molecule has 1 aromatic heterocycles. The van der Waals surface area contributed by atoms with Crippen molar-refractivity contribution in [2.45, 2.75) is 39.3 Å². The lowest BCUT2D eigenvalue weighted by atomic mass is 10.0. The van der Waals surface area contributed by atoms with E-state index in [0.717, 1.165) is 12.0 Å². The molecule has 1 aliphatic heterocycles. The minimum atomic E-state index is -0.0350. The summed E-state index contributed by atoms with van der Waals surface area (Å²) in [5.41, 5.74) is 2.98. The van der Waals surface area contributed by atoms with Gasteiger partial charge in [-0.05, 0) is 39.0 Å². The van der Waals surface area contributed by atoms with E-state index >= 15 is 0 Å². The summed E-state index contributed by atoms with van der Waals surface area (Å²) in [6.07, 6.45) is 2.72. The van der Waals surface area contributed by atoms with E-state index in [9.17, 15) is 4.79 Å². The molecule has 2 aromatic rings. The summed E-state index contributed by atoms with van der Waals surface area (Å²) in [6, 6.07) is 7.11. The molecule has 0 N–H and O–H groups in total. The van der Waals surface area contributed by atoms with Crippen LogP contribution in [0.25, 0.3) is 0 Å². The molecule has 0 aliphatic carbocycles. The molecule has 0 saturated heterocycles. The van der Waals surface area contributed by atoms with Crippen LogP contribution >= 0.6 is 11.6 Å². The molecule has 0 fully saturated rings. The van der Waals surface area contributed by atoms with Crippen LogP contribution in [0.5, 0.6) is 0 Å². The van der Waals surface area contributed by atoms with Gasteiger partial charge in [0.25, 0.3) is 5.91 Å². The number of benzene rings is 1. The summed E-state index contributed by atoms with van der Waals surface area (Å²) in [7, 11) is 0. The van der Waals surface area contributed by atoms with E-state index < -0.39 is 0 Å². The topological polar surface area (TPSA) is 38.1 Å². The minimum absolute atomic E-state index is 0.0247. The lowest BCUT2D eigenvalue weighted by Gasteiger charge is -2.30. The van der Waals surface area contributed by atoms with Crippen LogP contribution < -0.4 is 0 Å². The molecule has 0 bridgehead atoms. The molecule has 0 unspecified atom stereocenters. The van der Waals surface area contributed by atoms with Gasteiger partial charge in [-0.1, -0.05) is 17.7 Å². The van der Waals surface area contributed by atoms with Gasteiger partial charge in [-0.15, -0.1) is 0 Å². The summed E-state index contributed by atoms with van der Waals surface area (Å²) >= 11 is 5.98. The fourth-order valence-corrected chi connectivity index (χ4v) is 3.08. The third-order valence-corrected chi connectivity index (χ3v) is 4.16. The van der Waals surface area contributed by atoms with Crippen LogP contribution in [-0.2, 0) is 18.5 Å². The molecule has 0 radical (unpaired) electrons. The summed E-state index contributed by atoms with van der Waals surface area (Å²) in [4.78, 5) is 14.5. The minimum Gasteiger partial charge on any atom is -0.334 e. The number of carbonyl (C=O) groups is 1. The van der Waals surface area contributed by atoms with E-state index in [1.807, 2.05) is 23.2 Å². The summed E-state index contributed by atoms with van der Waals surface area (Å²) < 4.78 is 2.07. The van der Waals surface area contributed by atoms with E-state index in [4.69, 9.17) is 11.6 Å². The number of fused-ring (bicyclic) bond motifs is 1. The second kappa shape index (κ2) is 5.43. The Morgan fingerprint density at radius 2 is 2.09 bits per heavy atom. The Morgan fingerprint density at radius 3 is 2.77 bits per heavy atom. The van der Waals surface area contributed by atoms with Crippen molar-refractivity contribution in [3.05, 3.63) is 52.3 Å². The SMILES string of the molecule is CC(C)(C)n1ncc2c1CCN(C(=O)c1cccc(Cl)c1)C2. The number of carbonyl (C=O) groups excluding carboxylic acids is 1. The Hall–Kier alpha value is -1.81. The monoisotopic (exact) mass is 317 g/mol. The highest BCUT2D eigenvalue weighted by atomic mass is 35.5. The predicted octanol–water partition coefficient (Wildman–Crippen LogP) is 3.49. The van der Waals surface area contributed by atoms with Crippen LogP contribution in [0, 0.1) is 0 Å². The number of hydrogen-bond donors (Lipinski definition) is 0. The van der Waals surface area contributed by atoms with Crippen molar-refractivity contribution >= 4 is 17.5 Å². The molecule has 22 heavy (non-hydrogen) atoms. The smallest absolute Gasteiger partial charge is 0.254 e. The molecule has 5 heteroatoms. The van der Waals surface area contributed by atoms with Gasteiger partial charge in [-0.3, -0.25) is 9.48 Å². The Morgan fingerprint density at radius 1 is 1.32 bits per heavy atom. The first-order chi connectivity index (χ1) is 10.4. The van der Waals surface area contributed by atoms with Gasteiger partial charge in [0.05, 0.1) is 11.7 Å². The third kappa shape index (κ3) is 2.75. The molecule has 1 aromatic carbocycles. The van der Waals surface area contributed by atoms with Gasteiger partial charge in [0.15, 0.2) is 0 Å². The molecule has 1 aliphatic rings. The molecule has 0 atom stereocenters. The van der Waals surface area contributed by atoms with E-state index in [0.29, 0.717) is 23.7 Å². The number of nitrogens with zero attached hydrogens (tertiary/aromatic N) is 3. The number of amides is 1. The zero-order valence-electron chi connectivity index (χ0n) is 13.1. The van der Waals surface area contributed by atoms with Crippen molar-refractivity contribution in [2.75, 3.05) is 6.54 Å². The maximum atomic E-state index is 12.6. The highest BCUT2D eigenvalue weighted by Gasteiger charge is 2.27. The molecular formula is C17H20ClN3O. The molecule has 0 saturated carbocycles. The summed E-state index contributed by atoms with van der Waals surface area (Å²) in [6.45, 7) is 7.74. The van der Waals surface area contributed by atoms with E-state index in [-0.39, 0.29) is 11.4 Å². The second-order valence-corrected chi connectivity index (χ2v) is 7.12. The second-order valence-electron chi connectivity index (χ2n) is 6.69. The van der Waals surface area contributed by atoms with E-state index in [2.05, 4.69) is 30.6 Å². The number of aromatic nitrogens is 2. The van der Waals surface area contributed by atoms with Crippen LogP contribution in [0.4, 0.5) is 0 Å². The van der Waals surface area contributed by atoms with Crippen LogP contribution in [0.2, 0.25) is 5.02 Å². The normalized spacial score (nSPS) is 14.8. The Labute approximate surface area is 135 Å². The number of hydrogen-bond acceptors (Lipinski definition) is 2. The van der Waals surface area contributed by atoms with E-state index in [1.165, 1.54) is 5.69 Å². The lowest BCUT2D eigenvalue weighted by Crippen LogP contribution is -2.37. The average Bonchev–Trinajstić information content (AvgIpc) is 2.89. The highest BCUT2D eigenvalue weighted by Crippen LogP contribution is 2.25. The Bertz CT molecular complexity index is 715. The van der Waals surface area contributed by atoms with Gasteiger partial charge in [-0.2, -0.15) is 5.10 Å². The van der Waals surface area contributed by atoms with Crippen LogP contribution in [0.3, 0.4) is 0 Å². The van der Waals surface area contributed by atoms with Gasteiger partial charge < -0.3 is 4.90 Å². The van der Waals surface area contributed by atoms with Crippen molar-refractivity contribution in [1.29, 1.82) is 0 Å². The van der Waals surface area contributed by atoms with Crippen LogP contribution in [0.1, 0.15) is 42.4 Å². The molecule has 3 rings (SSSR count). The standard InChI is InChI=1S/C17H20ClN3O/c1-17(2,3)21-15-7-8-20(11-13(15)10-19-21)16(22)12-5-4-6-14(18)9-12/h4-6,9-10H,7-8,11H2,1-3H3. The first kappa shape index (κ1) is 15.1. The van der Waals surface area contributed by atoms with Crippen molar-refractivity contribution in [3.8, 4) is 0 Å². The fourth-order valence-electron chi connectivity index (χ4n) is 2.89. The largest absolute Gasteiger partial charge is 0.334 e. The van der Waals surface area contributed by atoms with Gasteiger partial charge in [0.2, 0.25) is 0 Å². The molecule has 116 valence electrons. The average molecular weight is 318 g/mol. The van der Waals surface area contributed by atoms with E-state index in [1.54, 1.807) is 12.1 Å². The maximum absolute atomic E-state index is 12.6. The Kier molecular flexibility index (Phi) is 3.73. The quantitative estimate of drug-likeness (QED) is 0.807. The van der Waals surface area contributed by atoms with Gasteiger partial charge in [0.1, 0.15) is 0 Å². The molecule has 0 spiro atoms. The number of rotatable bonds is 1. The van der Waals surface area contributed by atoms with Gasteiger partial charge in [0, 0.05) is 41.4 Å². The van der Waals surface area contributed by atoms with Crippen molar-refractivity contribution in [2.24, 2.45) is 0 Å². The third-order valence-electron chi connectivity index (χ3n) is 3.93. The molecule has 2 heterocycles. The molecule has 1 amide bonds. The fraction of sp³-hybridized carbons (Fsp3) is 0.412. The van der Waals surface area contributed by atoms with Gasteiger partial charge in [-0.25, -0.2) is 0 Å². The summed E-state index contributed by atoms with van der Waals surface area (Å²) in [5, 5.41) is 5.09. The van der Waals surface area contributed by atoms with Crippen molar-refractivity contribution < 1.29 is 4.79 Å². The first-order valence-electron chi connectivity index (χ1n) is 7.47.